The van der Waals surface area contributed by atoms with E-state index < -0.39 is 0 Å². The van der Waals surface area contributed by atoms with E-state index in [-0.39, 0.29) is 0 Å². The molecule has 0 aliphatic rings. The van der Waals surface area contributed by atoms with E-state index in [1.54, 1.807) is 11.3 Å². The average molecular weight is 303 g/mol. The molecule has 21 heavy (non-hydrogen) atoms. The number of aromatic nitrogens is 1. The summed E-state index contributed by atoms with van der Waals surface area (Å²) < 4.78 is 0. The van der Waals surface area contributed by atoms with Gasteiger partial charge in [0.2, 0.25) is 0 Å². The number of aryl methyl sites for hydroxylation is 2. The van der Waals surface area contributed by atoms with Crippen LogP contribution in [0.2, 0.25) is 0 Å². The minimum Gasteiger partial charge on any atom is -0.318 e. The Labute approximate surface area is 132 Å². The van der Waals surface area contributed by atoms with Crippen LogP contribution in [0.3, 0.4) is 0 Å². The Morgan fingerprint density at radius 3 is 2.71 bits per heavy atom. The number of hydrogen-bond donors (Lipinski definition) is 1. The number of benzene rings is 1. The first kappa shape index (κ1) is 16.0. The number of hydrogen-bond acceptors (Lipinski definition) is 4. The van der Waals surface area contributed by atoms with Gasteiger partial charge in [0.15, 0.2) is 5.13 Å². The first-order valence-corrected chi connectivity index (χ1v) is 8.48. The average Bonchev–Trinajstić information content (AvgIpc) is 2.81. The third kappa shape index (κ3) is 4.05. The molecule has 0 saturated heterocycles. The molecule has 114 valence electrons. The van der Waals surface area contributed by atoms with Crippen LogP contribution < -0.4 is 10.2 Å². The summed E-state index contributed by atoms with van der Waals surface area (Å²) in [5.41, 5.74) is 3.65. The molecule has 0 unspecified atom stereocenters. The Bertz CT molecular complexity index is 577. The van der Waals surface area contributed by atoms with Crippen LogP contribution in [-0.2, 0) is 6.54 Å². The summed E-state index contributed by atoms with van der Waals surface area (Å²) in [6.45, 7) is 11.5. The maximum absolute atomic E-state index is 4.77. The van der Waals surface area contributed by atoms with E-state index in [0.717, 1.165) is 36.9 Å². The van der Waals surface area contributed by atoms with E-state index in [1.807, 2.05) is 0 Å². The first-order valence-electron chi connectivity index (χ1n) is 7.67. The van der Waals surface area contributed by atoms with Crippen molar-refractivity contribution in [2.24, 2.45) is 0 Å². The second kappa shape index (κ2) is 7.57. The Balaban J connectivity index is 2.20. The Hall–Kier alpha value is -1.39. The lowest BCUT2D eigenvalue weighted by molar-refractivity contribution is 0.678. The molecule has 0 aliphatic carbocycles. The fourth-order valence-electron chi connectivity index (χ4n) is 2.29. The van der Waals surface area contributed by atoms with Crippen molar-refractivity contribution < 1.29 is 0 Å². The molecule has 1 aromatic carbocycles. The van der Waals surface area contributed by atoms with Gasteiger partial charge in [0.25, 0.3) is 0 Å². The second-order valence-electron chi connectivity index (χ2n) is 5.27. The normalized spacial score (nSPS) is 10.9. The summed E-state index contributed by atoms with van der Waals surface area (Å²) in [7, 11) is 0. The summed E-state index contributed by atoms with van der Waals surface area (Å²) in [6.07, 6.45) is 1.16. The smallest absolute Gasteiger partial charge is 0.190 e. The molecule has 2 aromatic rings. The topological polar surface area (TPSA) is 28.2 Å². The molecule has 4 heteroatoms. The molecule has 2 rings (SSSR count). The summed E-state index contributed by atoms with van der Waals surface area (Å²) >= 11 is 1.80. The van der Waals surface area contributed by atoms with Gasteiger partial charge in [-0.1, -0.05) is 30.4 Å². The van der Waals surface area contributed by atoms with Gasteiger partial charge in [0.05, 0.1) is 5.69 Å². The maximum Gasteiger partial charge on any atom is 0.190 e. The van der Waals surface area contributed by atoms with Crippen LogP contribution in [0, 0.1) is 13.8 Å². The SMILES string of the molecule is CCCNCc1sc(N(CC)c2cccc(C)c2)nc1C. The van der Waals surface area contributed by atoms with Crippen molar-refractivity contribution in [3.63, 3.8) is 0 Å². The number of anilines is 2. The highest BCUT2D eigenvalue weighted by Gasteiger charge is 2.14. The second-order valence-corrected chi connectivity index (χ2v) is 6.33. The zero-order valence-electron chi connectivity index (χ0n) is 13.4. The molecule has 0 atom stereocenters. The summed E-state index contributed by atoms with van der Waals surface area (Å²) in [4.78, 5) is 8.39. The predicted octanol–water partition coefficient (Wildman–Crippen LogP) is 4.42. The molecule has 0 fully saturated rings. The highest BCUT2D eigenvalue weighted by molar-refractivity contribution is 7.15. The van der Waals surface area contributed by atoms with Gasteiger partial charge in [-0.05, 0) is 51.4 Å². The molecular weight excluding hydrogens is 278 g/mol. The van der Waals surface area contributed by atoms with E-state index in [4.69, 9.17) is 4.98 Å². The zero-order valence-corrected chi connectivity index (χ0v) is 14.3. The standard InChI is InChI=1S/C17H25N3S/c1-5-10-18-12-16-14(4)19-17(21-16)20(6-2)15-9-7-8-13(3)11-15/h7-9,11,18H,5-6,10,12H2,1-4H3. The number of nitrogens with zero attached hydrogens (tertiary/aromatic N) is 2. The first-order chi connectivity index (χ1) is 10.2. The monoisotopic (exact) mass is 303 g/mol. The molecule has 1 heterocycles. The van der Waals surface area contributed by atoms with Crippen LogP contribution in [0.1, 0.15) is 36.4 Å². The maximum atomic E-state index is 4.77. The molecule has 0 aliphatic heterocycles. The fourth-order valence-corrected chi connectivity index (χ4v) is 3.41. The third-order valence-electron chi connectivity index (χ3n) is 3.45. The van der Waals surface area contributed by atoms with Crippen molar-refractivity contribution in [1.82, 2.24) is 10.3 Å². The van der Waals surface area contributed by atoms with Crippen molar-refractivity contribution in [2.45, 2.75) is 40.7 Å². The molecule has 0 bridgehead atoms. The quantitative estimate of drug-likeness (QED) is 0.768. The third-order valence-corrected chi connectivity index (χ3v) is 4.63. The van der Waals surface area contributed by atoms with Crippen LogP contribution in [-0.4, -0.2) is 18.1 Å². The van der Waals surface area contributed by atoms with Crippen molar-refractivity contribution in [1.29, 1.82) is 0 Å². The number of rotatable bonds is 7. The molecular formula is C17H25N3S. The van der Waals surface area contributed by atoms with Crippen molar-refractivity contribution >= 4 is 22.2 Å². The van der Waals surface area contributed by atoms with Gasteiger partial charge < -0.3 is 10.2 Å². The fraction of sp³-hybridized carbons (Fsp3) is 0.471. The molecule has 0 radical (unpaired) electrons. The van der Waals surface area contributed by atoms with Crippen LogP contribution in [0.15, 0.2) is 24.3 Å². The summed E-state index contributed by atoms with van der Waals surface area (Å²) in [5.74, 6) is 0. The molecule has 0 amide bonds. The highest BCUT2D eigenvalue weighted by Crippen LogP contribution is 2.31. The predicted molar refractivity (Wildman–Crippen MR) is 92.7 cm³/mol. The van der Waals surface area contributed by atoms with Gasteiger partial charge in [0, 0.05) is 23.7 Å². The minimum absolute atomic E-state index is 0.919. The Kier molecular flexibility index (Phi) is 5.76. The molecule has 1 aromatic heterocycles. The lowest BCUT2D eigenvalue weighted by atomic mass is 10.2. The lowest BCUT2D eigenvalue weighted by Crippen LogP contribution is -2.15. The van der Waals surface area contributed by atoms with E-state index in [9.17, 15) is 0 Å². The minimum atomic E-state index is 0.919. The van der Waals surface area contributed by atoms with E-state index in [0.29, 0.717) is 0 Å². The molecule has 0 spiro atoms. The lowest BCUT2D eigenvalue weighted by Gasteiger charge is -2.20. The van der Waals surface area contributed by atoms with E-state index >= 15 is 0 Å². The van der Waals surface area contributed by atoms with Crippen molar-refractivity contribution in [3.05, 3.63) is 40.4 Å². The largest absolute Gasteiger partial charge is 0.318 e. The van der Waals surface area contributed by atoms with E-state index in [1.165, 1.54) is 16.1 Å². The van der Waals surface area contributed by atoms with Crippen LogP contribution >= 0.6 is 11.3 Å². The summed E-state index contributed by atoms with van der Waals surface area (Å²) in [6, 6.07) is 8.61. The Morgan fingerprint density at radius 1 is 1.24 bits per heavy atom. The highest BCUT2D eigenvalue weighted by atomic mass is 32.1. The molecule has 1 N–H and O–H groups in total. The van der Waals surface area contributed by atoms with Gasteiger partial charge in [-0.3, -0.25) is 0 Å². The number of nitrogens with one attached hydrogen (secondary N) is 1. The van der Waals surface area contributed by atoms with Crippen molar-refractivity contribution in [2.75, 3.05) is 18.0 Å². The van der Waals surface area contributed by atoms with Gasteiger partial charge in [0.1, 0.15) is 0 Å². The van der Waals surface area contributed by atoms with Crippen LogP contribution in [0.5, 0.6) is 0 Å². The van der Waals surface area contributed by atoms with Gasteiger partial charge in [-0.2, -0.15) is 0 Å². The van der Waals surface area contributed by atoms with E-state index in [2.05, 4.69) is 62.2 Å². The number of thiazole rings is 1. The summed E-state index contributed by atoms with van der Waals surface area (Å²) in [5, 5.41) is 4.55. The molecule has 0 saturated carbocycles. The molecule has 3 nitrogen and oxygen atoms in total. The van der Waals surface area contributed by atoms with Gasteiger partial charge in [-0.15, -0.1) is 0 Å². The Morgan fingerprint density at radius 2 is 2.05 bits per heavy atom. The van der Waals surface area contributed by atoms with Crippen LogP contribution in [0.25, 0.3) is 0 Å². The van der Waals surface area contributed by atoms with Crippen LogP contribution in [0.4, 0.5) is 10.8 Å². The zero-order chi connectivity index (χ0) is 15.2. The van der Waals surface area contributed by atoms with Gasteiger partial charge >= 0.3 is 0 Å². The van der Waals surface area contributed by atoms with Gasteiger partial charge in [-0.25, -0.2) is 4.98 Å². The van der Waals surface area contributed by atoms with Crippen molar-refractivity contribution in [3.8, 4) is 0 Å².